The molecule has 0 saturated heterocycles. The van der Waals surface area contributed by atoms with E-state index in [4.69, 9.17) is 5.26 Å². The molecule has 0 bridgehead atoms. The van der Waals surface area contributed by atoms with E-state index < -0.39 is 8.07 Å². The van der Waals surface area contributed by atoms with E-state index in [2.05, 4.69) is 52.6 Å². The zero-order valence-electron chi connectivity index (χ0n) is 10.9. The molecule has 0 radical (unpaired) electrons. The lowest BCUT2D eigenvalue weighted by Gasteiger charge is -2.17. The summed E-state index contributed by atoms with van der Waals surface area (Å²) >= 11 is 0. The minimum Gasteiger partial charge on any atom is -0.193 e. The van der Waals surface area contributed by atoms with Gasteiger partial charge in [0, 0.05) is 5.20 Å². The largest absolute Gasteiger partial charge is 0.193 e. The standard InChI is InChI=1S/C13H23NSi/c1-11(2)8-7-9-12(3)13(10-14)15(4,5)6/h8H,7,9H2,1-6H3. The first-order valence-corrected chi connectivity index (χ1v) is 9.02. The van der Waals surface area contributed by atoms with E-state index in [0.717, 1.165) is 18.0 Å². The maximum absolute atomic E-state index is 9.15. The molecular weight excluding hydrogens is 198 g/mol. The van der Waals surface area contributed by atoms with E-state index in [0.29, 0.717) is 0 Å². The molecule has 0 spiro atoms. The Kier molecular flexibility index (Phi) is 5.60. The smallest absolute Gasteiger partial charge is 0.0911 e. The molecule has 0 aromatic heterocycles. The van der Waals surface area contributed by atoms with Gasteiger partial charge < -0.3 is 0 Å². The van der Waals surface area contributed by atoms with Crippen LogP contribution in [-0.4, -0.2) is 8.07 Å². The molecule has 0 rings (SSSR count). The molecule has 0 N–H and O–H groups in total. The Hall–Kier alpha value is -0.813. The van der Waals surface area contributed by atoms with Crippen molar-refractivity contribution in [3.05, 3.63) is 22.4 Å². The van der Waals surface area contributed by atoms with Crippen LogP contribution in [0.5, 0.6) is 0 Å². The normalized spacial score (nSPS) is 12.9. The van der Waals surface area contributed by atoms with Crippen LogP contribution in [0, 0.1) is 11.3 Å². The van der Waals surface area contributed by atoms with Gasteiger partial charge in [0.15, 0.2) is 0 Å². The Balaban J connectivity index is 4.64. The Labute approximate surface area is 95.5 Å². The summed E-state index contributed by atoms with van der Waals surface area (Å²) in [6.45, 7) is 13.0. The van der Waals surface area contributed by atoms with Crippen molar-refractivity contribution in [1.29, 1.82) is 5.26 Å². The van der Waals surface area contributed by atoms with Crippen LogP contribution in [0.3, 0.4) is 0 Å². The first-order chi connectivity index (χ1) is 6.79. The lowest BCUT2D eigenvalue weighted by molar-refractivity contribution is 0.962. The zero-order chi connectivity index (χ0) is 12.1. The van der Waals surface area contributed by atoms with E-state index in [-0.39, 0.29) is 0 Å². The molecule has 0 fully saturated rings. The van der Waals surface area contributed by atoms with Crippen molar-refractivity contribution in [3.63, 3.8) is 0 Å². The average Bonchev–Trinajstić information content (AvgIpc) is 2.01. The molecule has 0 aliphatic carbocycles. The molecule has 0 aromatic carbocycles. The predicted octanol–water partition coefficient (Wildman–Crippen LogP) is 4.45. The topological polar surface area (TPSA) is 23.8 Å². The fourth-order valence-electron chi connectivity index (χ4n) is 1.61. The van der Waals surface area contributed by atoms with E-state index in [1.165, 1.54) is 11.1 Å². The summed E-state index contributed by atoms with van der Waals surface area (Å²) in [5.41, 5.74) is 2.64. The second-order valence-electron chi connectivity index (χ2n) is 5.34. The Morgan fingerprint density at radius 3 is 2.07 bits per heavy atom. The van der Waals surface area contributed by atoms with Crippen LogP contribution in [-0.2, 0) is 0 Å². The Morgan fingerprint density at radius 2 is 1.73 bits per heavy atom. The molecule has 0 atom stereocenters. The van der Waals surface area contributed by atoms with Crippen molar-refractivity contribution in [2.75, 3.05) is 0 Å². The van der Waals surface area contributed by atoms with Gasteiger partial charge in [-0.3, -0.25) is 0 Å². The number of hydrogen-bond donors (Lipinski definition) is 0. The molecule has 0 aliphatic rings. The van der Waals surface area contributed by atoms with Gasteiger partial charge in [0.1, 0.15) is 0 Å². The number of rotatable bonds is 4. The van der Waals surface area contributed by atoms with Gasteiger partial charge in [-0.05, 0) is 33.6 Å². The molecule has 0 aromatic rings. The van der Waals surface area contributed by atoms with Gasteiger partial charge in [-0.25, -0.2) is 0 Å². The molecule has 0 heterocycles. The second kappa shape index (κ2) is 5.92. The number of allylic oxidation sites excluding steroid dienone is 4. The molecule has 0 saturated carbocycles. The number of nitrogens with zero attached hydrogens (tertiary/aromatic N) is 1. The van der Waals surface area contributed by atoms with Crippen LogP contribution < -0.4 is 0 Å². The van der Waals surface area contributed by atoms with Crippen LogP contribution in [0.15, 0.2) is 22.4 Å². The van der Waals surface area contributed by atoms with Crippen molar-refractivity contribution in [2.45, 2.75) is 53.3 Å². The summed E-state index contributed by atoms with van der Waals surface area (Å²) < 4.78 is 0. The van der Waals surface area contributed by atoms with Crippen LogP contribution >= 0.6 is 0 Å². The van der Waals surface area contributed by atoms with Gasteiger partial charge in [0.05, 0.1) is 14.1 Å². The first-order valence-electron chi connectivity index (χ1n) is 5.52. The zero-order valence-corrected chi connectivity index (χ0v) is 11.9. The van der Waals surface area contributed by atoms with Crippen molar-refractivity contribution >= 4 is 8.07 Å². The van der Waals surface area contributed by atoms with E-state index >= 15 is 0 Å². The van der Waals surface area contributed by atoms with Gasteiger partial charge >= 0.3 is 0 Å². The summed E-state index contributed by atoms with van der Waals surface area (Å²) in [5.74, 6) is 0. The molecular formula is C13H23NSi. The van der Waals surface area contributed by atoms with Crippen molar-refractivity contribution in [3.8, 4) is 6.07 Å². The maximum atomic E-state index is 9.15. The molecule has 1 nitrogen and oxygen atoms in total. The van der Waals surface area contributed by atoms with Crippen molar-refractivity contribution < 1.29 is 0 Å². The minimum absolute atomic E-state index is 1.03. The van der Waals surface area contributed by atoms with E-state index in [1.807, 2.05) is 0 Å². The molecule has 0 aliphatic heterocycles. The highest BCUT2D eigenvalue weighted by molar-refractivity contribution is 6.84. The SMILES string of the molecule is CC(C)=CCCC(C)=C(C#N)[Si](C)(C)C. The van der Waals surface area contributed by atoms with E-state index in [1.54, 1.807) is 0 Å². The quantitative estimate of drug-likeness (QED) is 0.391. The first kappa shape index (κ1) is 14.2. The fourth-order valence-corrected chi connectivity index (χ4v) is 3.35. The number of nitriles is 1. The van der Waals surface area contributed by atoms with Crippen molar-refractivity contribution in [1.82, 2.24) is 0 Å². The monoisotopic (exact) mass is 221 g/mol. The van der Waals surface area contributed by atoms with Gasteiger partial charge in [0.25, 0.3) is 0 Å². The fraction of sp³-hybridized carbons (Fsp3) is 0.615. The Morgan fingerprint density at radius 1 is 1.20 bits per heavy atom. The molecule has 15 heavy (non-hydrogen) atoms. The highest BCUT2D eigenvalue weighted by Crippen LogP contribution is 2.21. The lowest BCUT2D eigenvalue weighted by Crippen LogP contribution is -2.24. The molecule has 0 amide bonds. The summed E-state index contributed by atoms with van der Waals surface area (Å²) in [4.78, 5) is 0. The molecule has 84 valence electrons. The third-order valence-electron chi connectivity index (χ3n) is 2.36. The predicted molar refractivity (Wildman–Crippen MR) is 70.3 cm³/mol. The maximum Gasteiger partial charge on any atom is 0.0911 e. The van der Waals surface area contributed by atoms with Gasteiger partial charge in [-0.2, -0.15) is 5.26 Å². The van der Waals surface area contributed by atoms with Crippen LogP contribution in [0.2, 0.25) is 19.6 Å². The Bertz CT molecular complexity index is 306. The van der Waals surface area contributed by atoms with Crippen LogP contribution in [0.4, 0.5) is 0 Å². The molecule has 2 heteroatoms. The lowest BCUT2D eigenvalue weighted by atomic mass is 10.1. The van der Waals surface area contributed by atoms with Crippen LogP contribution in [0.25, 0.3) is 0 Å². The van der Waals surface area contributed by atoms with Gasteiger partial charge in [-0.1, -0.05) is 36.9 Å². The third-order valence-corrected chi connectivity index (χ3v) is 4.40. The second-order valence-corrected chi connectivity index (χ2v) is 10.3. The minimum atomic E-state index is -1.43. The number of hydrogen-bond acceptors (Lipinski definition) is 1. The summed E-state index contributed by atoms with van der Waals surface area (Å²) in [6.07, 6.45) is 4.32. The van der Waals surface area contributed by atoms with Crippen LogP contribution in [0.1, 0.15) is 33.6 Å². The van der Waals surface area contributed by atoms with Gasteiger partial charge in [0.2, 0.25) is 0 Å². The third kappa shape index (κ3) is 5.59. The highest BCUT2D eigenvalue weighted by Gasteiger charge is 2.21. The highest BCUT2D eigenvalue weighted by atomic mass is 28.3. The van der Waals surface area contributed by atoms with Gasteiger partial charge in [-0.15, -0.1) is 0 Å². The summed E-state index contributed by atoms with van der Waals surface area (Å²) in [6, 6.07) is 2.40. The molecule has 0 unspecified atom stereocenters. The van der Waals surface area contributed by atoms with E-state index in [9.17, 15) is 0 Å². The van der Waals surface area contributed by atoms with Crippen molar-refractivity contribution in [2.24, 2.45) is 0 Å². The summed E-state index contributed by atoms with van der Waals surface area (Å²) in [7, 11) is -1.43. The average molecular weight is 221 g/mol. The summed E-state index contributed by atoms with van der Waals surface area (Å²) in [5, 5.41) is 10.2.